The van der Waals surface area contributed by atoms with Gasteiger partial charge in [0.05, 0.1) is 34.9 Å². The van der Waals surface area contributed by atoms with Gasteiger partial charge < -0.3 is 13.9 Å². The van der Waals surface area contributed by atoms with E-state index in [4.69, 9.17) is 13.9 Å². The minimum Gasteiger partial charge on any atom is -0.478 e. The van der Waals surface area contributed by atoms with E-state index in [1.807, 2.05) is 0 Å². The summed E-state index contributed by atoms with van der Waals surface area (Å²) in [7, 11) is 0. The highest BCUT2D eigenvalue weighted by molar-refractivity contribution is 6.37. The fourth-order valence-electron chi connectivity index (χ4n) is 3.46. The zero-order valence-corrected chi connectivity index (χ0v) is 16.9. The highest BCUT2D eigenvalue weighted by Crippen LogP contribution is 2.30. The van der Waals surface area contributed by atoms with Crippen molar-refractivity contribution in [3.8, 4) is 11.3 Å². The Balaban J connectivity index is 1.53. The topological polar surface area (TPSA) is 96.2 Å². The lowest BCUT2D eigenvalue weighted by atomic mass is 10.0. The number of carbonyl (C=O) groups excluding carboxylic acids is 1. The summed E-state index contributed by atoms with van der Waals surface area (Å²) in [6.45, 7) is 0. The average molecular weight is 442 g/mol. The molecule has 2 aromatic heterocycles. The highest BCUT2D eigenvalue weighted by Gasteiger charge is 2.33. The molecular formula is C25H15FN2O5. The van der Waals surface area contributed by atoms with Crippen LogP contribution in [0.5, 0.6) is 0 Å². The first kappa shape index (κ1) is 20.2. The molecule has 3 heterocycles. The molecule has 2 aromatic carbocycles. The summed E-state index contributed by atoms with van der Waals surface area (Å²) in [6, 6.07) is 17.0. The van der Waals surface area contributed by atoms with Gasteiger partial charge in [-0.05, 0) is 60.7 Å². The molecule has 1 amide bonds. The molecule has 1 aliphatic rings. The van der Waals surface area contributed by atoms with Gasteiger partial charge in [0, 0.05) is 5.56 Å². The Morgan fingerprint density at radius 1 is 1.03 bits per heavy atom. The quantitative estimate of drug-likeness (QED) is 0.428. The predicted molar refractivity (Wildman–Crippen MR) is 118 cm³/mol. The van der Waals surface area contributed by atoms with Crippen molar-refractivity contribution in [3.05, 3.63) is 108 Å². The van der Waals surface area contributed by atoms with Crippen molar-refractivity contribution >= 4 is 29.4 Å². The van der Waals surface area contributed by atoms with Gasteiger partial charge in [0.25, 0.3) is 5.91 Å². The predicted octanol–water partition coefficient (Wildman–Crippen LogP) is 5.21. The van der Waals surface area contributed by atoms with E-state index in [-0.39, 0.29) is 11.1 Å². The molecule has 0 aliphatic carbocycles. The second-order valence-corrected chi connectivity index (χ2v) is 7.17. The van der Waals surface area contributed by atoms with Crippen LogP contribution in [-0.2, 0) is 4.79 Å². The third-order valence-corrected chi connectivity index (χ3v) is 5.08. The van der Waals surface area contributed by atoms with Gasteiger partial charge in [-0.2, -0.15) is 10.1 Å². The number of furan rings is 2. The van der Waals surface area contributed by atoms with Crippen LogP contribution in [0.4, 0.5) is 10.1 Å². The molecule has 0 bridgehead atoms. The first-order valence-corrected chi connectivity index (χ1v) is 9.87. The van der Waals surface area contributed by atoms with Gasteiger partial charge in [-0.1, -0.05) is 12.1 Å². The molecule has 8 heteroatoms. The number of hydrogen-bond donors (Lipinski definition) is 1. The van der Waals surface area contributed by atoms with Gasteiger partial charge in [0.2, 0.25) is 0 Å². The maximum Gasteiger partial charge on any atom is 0.335 e. The molecule has 0 saturated heterocycles. The fraction of sp³-hybridized carbons (Fsp3) is 0. The molecule has 0 atom stereocenters. The minimum absolute atomic E-state index is 0.0939. The van der Waals surface area contributed by atoms with E-state index in [9.17, 15) is 14.0 Å². The van der Waals surface area contributed by atoms with Crippen LogP contribution < -0.4 is 5.01 Å². The normalized spacial score (nSPS) is 14.7. The number of anilines is 1. The second-order valence-electron chi connectivity index (χ2n) is 7.17. The Morgan fingerprint density at radius 2 is 1.82 bits per heavy atom. The second kappa shape index (κ2) is 8.08. The van der Waals surface area contributed by atoms with E-state index in [1.54, 1.807) is 36.4 Å². The smallest absolute Gasteiger partial charge is 0.335 e. The Morgan fingerprint density at radius 3 is 2.52 bits per heavy atom. The van der Waals surface area contributed by atoms with Crippen LogP contribution in [0.25, 0.3) is 17.4 Å². The molecule has 0 fully saturated rings. The summed E-state index contributed by atoms with van der Waals surface area (Å²) >= 11 is 0. The molecule has 0 saturated carbocycles. The Bertz CT molecular complexity index is 1420. The molecule has 7 nitrogen and oxygen atoms in total. The SMILES string of the molecule is O=C(O)c1ccc(N2N=C(c3ccoc3)/C(=C/c3ccc(-c4ccccc4F)o3)C2=O)cc1. The van der Waals surface area contributed by atoms with Crippen LogP contribution in [0, 0.1) is 5.82 Å². The maximum absolute atomic E-state index is 14.1. The average Bonchev–Trinajstić information content (AvgIpc) is 3.56. The summed E-state index contributed by atoms with van der Waals surface area (Å²) in [5.41, 5.74) is 1.99. The zero-order chi connectivity index (χ0) is 22.9. The van der Waals surface area contributed by atoms with E-state index in [2.05, 4.69) is 5.10 Å². The monoisotopic (exact) mass is 442 g/mol. The van der Waals surface area contributed by atoms with Gasteiger partial charge in [-0.25, -0.2) is 9.18 Å². The van der Waals surface area contributed by atoms with Crippen molar-refractivity contribution < 1.29 is 27.9 Å². The lowest BCUT2D eigenvalue weighted by molar-refractivity contribution is -0.114. The van der Waals surface area contributed by atoms with Crippen LogP contribution in [0.3, 0.4) is 0 Å². The highest BCUT2D eigenvalue weighted by atomic mass is 19.1. The number of carboxylic acid groups (broad SMARTS) is 1. The Labute approximate surface area is 186 Å². The van der Waals surface area contributed by atoms with Crippen LogP contribution in [0.15, 0.2) is 98.8 Å². The van der Waals surface area contributed by atoms with E-state index >= 15 is 0 Å². The summed E-state index contributed by atoms with van der Waals surface area (Å²) in [4.78, 5) is 24.4. The molecule has 0 radical (unpaired) electrons. The molecule has 1 aliphatic heterocycles. The number of carboxylic acids is 1. The summed E-state index contributed by atoms with van der Waals surface area (Å²) < 4.78 is 25.0. The van der Waals surface area contributed by atoms with Crippen molar-refractivity contribution in [1.82, 2.24) is 0 Å². The van der Waals surface area contributed by atoms with Gasteiger partial charge in [0.15, 0.2) is 0 Å². The van der Waals surface area contributed by atoms with Gasteiger partial charge in [-0.3, -0.25) is 4.79 Å². The van der Waals surface area contributed by atoms with Crippen molar-refractivity contribution in [2.75, 3.05) is 5.01 Å². The third kappa shape index (κ3) is 3.74. The van der Waals surface area contributed by atoms with E-state index in [1.165, 1.54) is 53.9 Å². The number of hydrogen-bond acceptors (Lipinski definition) is 5. The fourth-order valence-corrected chi connectivity index (χ4v) is 3.46. The number of halogens is 1. The van der Waals surface area contributed by atoms with Crippen LogP contribution >= 0.6 is 0 Å². The molecule has 162 valence electrons. The van der Waals surface area contributed by atoms with Crippen molar-refractivity contribution in [2.24, 2.45) is 5.10 Å². The minimum atomic E-state index is -1.07. The lowest BCUT2D eigenvalue weighted by Crippen LogP contribution is -2.21. The van der Waals surface area contributed by atoms with Crippen LogP contribution in [0.1, 0.15) is 21.7 Å². The molecule has 5 rings (SSSR count). The van der Waals surface area contributed by atoms with Crippen LogP contribution in [-0.4, -0.2) is 22.7 Å². The molecule has 33 heavy (non-hydrogen) atoms. The number of aromatic carboxylic acids is 1. The number of benzene rings is 2. The number of rotatable bonds is 5. The molecule has 0 spiro atoms. The van der Waals surface area contributed by atoms with Crippen LogP contribution in [0.2, 0.25) is 0 Å². The number of hydrazone groups is 1. The number of nitrogens with zero attached hydrogens (tertiary/aromatic N) is 2. The summed E-state index contributed by atoms with van der Waals surface area (Å²) in [6.07, 6.45) is 4.46. The largest absolute Gasteiger partial charge is 0.478 e. The van der Waals surface area contributed by atoms with Gasteiger partial charge in [0.1, 0.15) is 23.0 Å². The van der Waals surface area contributed by atoms with E-state index in [0.29, 0.717) is 34.0 Å². The third-order valence-electron chi connectivity index (χ3n) is 5.08. The van der Waals surface area contributed by atoms with E-state index < -0.39 is 17.7 Å². The van der Waals surface area contributed by atoms with E-state index in [0.717, 1.165) is 0 Å². The summed E-state index contributed by atoms with van der Waals surface area (Å²) in [5.74, 6) is -1.25. The first-order chi connectivity index (χ1) is 16.0. The molecular weight excluding hydrogens is 427 g/mol. The zero-order valence-electron chi connectivity index (χ0n) is 16.9. The maximum atomic E-state index is 14.1. The first-order valence-electron chi connectivity index (χ1n) is 9.87. The molecule has 4 aromatic rings. The van der Waals surface area contributed by atoms with Crippen molar-refractivity contribution in [3.63, 3.8) is 0 Å². The number of amides is 1. The lowest BCUT2D eigenvalue weighted by Gasteiger charge is -2.11. The van der Waals surface area contributed by atoms with Gasteiger partial charge in [-0.15, -0.1) is 0 Å². The van der Waals surface area contributed by atoms with Crippen molar-refractivity contribution in [1.29, 1.82) is 0 Å². The summed E-state index contributed by atoms with van der Waals surface area (Å²) in [5, 5.41) is 14.7. The van der Waals surface area contributed by atoms with Crippen molar-refractivity contribution in [2.45, 2.75) is 0 Å². The van der Waals surface area contributed by atoms with Gasteiger partial charge >= 0.3 is 5.97 Å². The number of carbonyl (C=O) groups is 2. The Kier molecular flexibility index (Phi) is 4.95. The molecule has 0 unspecified atom stereocenters. The Hall–Kier alpha value is -4.72. The molecule has 1 N–H and O–H groups in total. The standard InChI is InChI=1S/C25H15FN2O5/c26-21-4-2-1-3-19(21)22-10-9-18(33-22)13-20-23(16-11-12-32-14-16)27-28(24(20)29)17-7-5-15(6-8-17)25(30)31/h1-14H,(H,30,31)/b20-13-.